The van der Waals surface area contributed by atoms with Crippen LogP contribution in [0.3, 0.4) is 0 Å². The lowest BCUT2D eigenvalue weighted by Gasteiger charge is -2.37. The molecule has 0 spiro atoms. The van der Waals surface area contributed by atoms with Crippen molar-refractivity contribution < 1.29 is 4.92 Å². The number of nitro benzene ring substituents is 1. The van der Waals surface area contributed by atoms with E-state index in [1.54, 1.807) is 6.07 Å². The first-order valence-corrected chi connectivity index (χ1v) is 8.53. The van der Waals surface area contributed by atoms with Gasteiger partial charge < -0.3 is 4.90 Å². The molecule has 2 aromatic carbocycles. The van der Waals surface area contributed by atoms with Crippen LogP contribution in [0.1, 0.15) is 11.1 Å². The topological polar surface area (TPSA) is 73.4 Å². The Morgan fingerprint density at radius 2 is 1.85 bits per heavy atom. The molecule has 1 aliphatic heterocycles. The fourth-order valence-corrected chi connectivity index (χ4v) is 3.19. The number of nitriles is 1. The Balaban J connectivity index is 1.69. The van der Waals surface area contributed by atoms with Gasteiger partial charge in [0.15, 0.2) is 0 Å². The Hall–Kier alpha value is -3.17. The summed E-state index contributed by atoms with van der Waals surface area (Å²) in [6.07, 6.45) is 1.48. The van der Waals surface area contributed by atoms with Crippen LogP contribution in [0.4, 0.5) is 5.69 Å². The molecule has 0 atom stereocenters. The predicted molar refractivity (Wildman–Crippen MR) is 100.0 cm³/mol. The van der Waals surface area contributed by atoms with E-state index in [4.69, 9.17) is 5.26 Å². The number of benzene rings is 2. The highest BCUT2D eigenvalue weighted by atomic mass is 16.6. The third-order valence-electron chi connectivity index (χ3n) is 4.52. The van der Waals surface area contributed by atoms with Crippen molar-refractivity contribution in [3.8, 4) is 6.07 Å². The SMILES string of the molecule is N#C/C=C(\c1cccc([N+](=O)[O-])c1)N1CCN(Cc2ccccc2)CC1. The molecule has 26 heavy (non-hydrogen) atoms. The van der Waals surface area contributed by atoms with Gasteiger partial charge in [0.05, 0.1) is 16.7 Å². The lowest BCUT2D eigenvalue weighted by Crippen LogP contribution is -2.44. The Labute approximate surface area is 152 Å². The minimum absolute atomic E-state index is 0.0362. The third-order valence-corrected chi connectivity index (χ3v) is 4.52. The first-order chi connectivity index (χ1) is 12.7. The molecule has 0 radical (unpaired) electrons. The van der Waals surface area contributed by atoms with E-state index in [1.165, 1.54) is 23.8 Å². The number of rotatable bonds is 5. The summed E-state index contributed by atoms with van der Waals surface area (Å²) in [4.78, 5) is 15.1. The fourth-order valence-electron chi connectivity index (χ4n) is 3.19. The van der Waals surface area contributed by atoms with E-state index in [0.29, 0.717) is 5.56 Å². The molecule has 0 saturated carbocycles. The Kier molecular flexibility index (Phi) is 5.62. The van der Waals surface area contributed by atoms with Crippen molar-refractivity contribution in [2.45, 2.75) is 6.54 Å². The highest BCUT2D eigenvalue weighted by Gasteiger charge is 2.21. The van der Waals surface area contributed by atoms with Gasteiger partial charge in [0.25, 0.3) is 5.69 Å². The van der Waals surface area contributed by atoms with E-state index in [1.807, 2.05) is 24.3 Å². The minimum atomic E-state index is -0.411. The Bertz CT molecular complexity index is 834. The Morgan fingerprint density at radius 1 is 1.12 bits per heavy atom. The van der Waals surface area contributed by atoms with E-state index in [0.717, 1.165) is 38.4 Å². The van der Waals surface area contributed by atoms with E-state index < -0.39 is 4.92 Å². The van der Waals surface area contributed by atoms with Crippen LogP contribution in [0.25, 0.3) is 5.70 Å². The summed E-state index contributed by atoms with van der Waals surface area (Å²) in [6, 6.07) is 18.9. The summed E-state index contributed by atoms with van der Waals surface area (Å²) in [5.41, 5.74) is 2.77. The quantitative estimate of drug-likeness (QED) is 0.471. The van der Waals surface area contributed by atoms with E-state index >= 15 is 0 Å². The molecule has 1 fully saturated rings. The maximum atomic E-state index is 11.0. The molecular formula is C20H20N4O2. The summed E-state index contributed by atoms with van der Waals surface area (Å²) in [6.45, 7) is 4.23. The average Bonchev–Trinajstić information content (AvgIpc) is 2.68. The molecule has 6 nitrogen and oxygen atoms in total. The van der Waals surface area contributed by atoms with Crippen LogP contribution in [-0.4, -0.2) is 40.9 Å². The second-order valence-corrected chi connectivity index (χ2v) is 6.21. The molecular weight excluding hydrogens is 328 g/mol. The molecule has 6 heteroatoms. The first kappa shape index (κ1) is 17.6. The van der Waals surface area contributed by atoms with Crippen molar-refractivity contribution in [3.63, 3.8) is 0 Å². The second-order valence-electron chi connectivity index (χ2n) is 6.21. The summed E-state index contributed by atoms with van der Waals surface area (Å²) >= 11 is 0. The smallest absolute Gasteiger partial charge is 0.270 e. The minimum Gasteiger partial charge on any atom is -0.368 e. The van der Waals surface area contributed by atoms with Crippen molar-refractivity contribution in [1.82, 2.24) is 9.80 Å². The van der Waals surface area contributed by atoms with Gasteiger partial charge in [-0.25, -0.2) is 0 Å². The zero-order valence-corrected chi connectivity index (χ0v) is 14.4. The lowest BCUT2D eigenvalue weighted by atomic mass is 10.1. The van der Waals surface area contributed by atoms with Crippen LogP contribution in [0.15, 0.2) is 60.7 Å². The molecule has 1 heterocycles. The maximum Gasteiger partial charge on any atom is 0.270 e. The zero-order valence-electron chi connectivity index (χ0n) is 14.4. The highest BCUT2D eigenvalue weighted by molar-refractivity contribution is 5.68. The first-order valence-electron chi connectivity index (χ1n) is 8.53. The maximum absolute atomic E-state index is 11.0. The highest BCUT2D eigenvalue weighted by Crippen LogP contribution is 2.24. The van der Waals surface area contributed by atoms with Crippen molar-refractivity contribution in [3.05, 3.63) is 81.9 Å². The van der Waals surface area contributed by atoms with Crippen molar-refractivity contribution in [1.29, 1.82) is 5.26 Å². The van der Waals surface area contributed by atoms with Crippen molar-refractivity contribution >= 4 is 11.4 Å². The van der Waals surface area contributed by atoms with Gasteiger partial charge in [-0.1, -0.05) is 42.5 Å². The standard InChI is InChI=1S/C20H20N4O2/c21-10-9-20(18-7-4-8-19(15-18)24(25)26)23-13-11-22(12-14-23)16-17-5-2-1-3-6-17/h1-9,15H,11-14,16H2/b20-9+. The summed E-state index contributed by atoms with van der Waals surface area (Å²) in [5, 5.41) is 20.2. The number of hydrogen-bond donors (Lipinski definition) is 0. The molecule has 2 aromatic rings. The molecule has 0 aromatic heterocycles. The van der Waals surface area contributed by atoms with E-state index in [9.17, 15) is 10.1 Å². The van der Waals surface area contributed by atoms with Crippen LogP contribution in [-0.2, 0) is 6.54 Å². The van der Waals surface area contributed by atoms with E-state index in [2.05, 4.69) is 28.0 Å². The van der Waals surface area contributed by atoms with Gasteiger partial charge in [-0.3, -0.25) is 15.0 Å². The summed E-state index contributed by atoms with van der Waals surface area (Å²) < 4.78 is 0. The zero-order chi connectivity index (χ0) is 18.4. The van der Waals surface area contributed by atoms with Gasteiger partial charge in [-0.15, -0.1) is 0 Å². The molecule has 1 aliphatic rings. The van der Waals surface area contributed by atoms with Crippen LogP contribution in [0.2, 0.25) is 0 Å². The number of allylic oxidation sites excluding steroid dienone is 1. The van der Waals surface area contributed by atoms with Gasteiger partial charge in [0.1, 0.15) is 0 Å². The third kappa shape index (κ3) is 4.26. The fraction of sp³-hybridized carbons (Fsp3) is 0.250. The molecule has 0 bridgehead atoms. The summed E-state index contributed by atoms with van der Waals surface area (Å²) in [7, 11) is 0. The largest absolute Gasteiger partial charge is 0.368 e. The molecule has 0 N–H and O–H groups in total. The lowest BCUT2D eigenvalue weighted by molar-refractivity contribution is -0.384. The van der Waals surface area contributed by atoms with Crippen LogP contribution in [0.5, 0.6) is 0 Å². The molecule has 3 rings (SSSR count). The van der Waals surface area contributed by atoms with Gasteiger partial charge in [-0.2, -0.15) is 5.26 Å². The number of non-ortho nitro benzene ring substituents is 1. The van der Waals surface area contributed by atoms with Crippen LogP contribution >= 0.6 is 0 Å². The van der Waals surface area contributed by atoms with Gasteiger partial charge in [0.2, 0.25) is 0 Å². The molecule has 0 amide bonds. The van der Waals surface area contributed by atoms with Gasteiger partial charge in [-0.05, 0) is 5.56 Å². The van der Waals surface area contributed by atoms with Crippen molar-refractivity contribution in [2.24, 2.45) is 0 Å². The molecule has 0 unspecified atom stereocenters. The van der Waals surface area contributed by atoms with Crippen LogP contribution in [0, 0.1) is 21.4 Å². The average molecular weight is 348 g/mol. The Morgan fingerprint density at radius 3 is 2.50 bits per heavy atom. The number of nitrogens with zero attached hydrogens (tertiary/aromatic N) is 4. The van der Waals surface area contributed by atoms with Gasteiger partial charge in [0, 0.05) is 56.5 Å². The number of hydrogen-bond acceptors (Lipinski definition) is 5. The molecule has 132 valence electrons. The predicted octanol–water partition coefficient (Wildman–Crippen LogP) is 3.28. The second kappa shape index (κ2) is 8.28. The van der Waals surface area contributed by atoms with E-state index in [-0.39, 0.29) is 5.69 Å². The normalized spacial score (nSPS) is 15.5. The summed E-state index contributed by atoms with van der Waals surface area (Å²) in [5.74, 6) is 0. The van der Waals surface area contributed by atoms with Crippen molar-refractivity contribution in [2.75, 3.05) is 26.2 Å². The number of nitro groups is 1. The van der Waals surface area contributed by atoms with Gasteiger partial charge >= 0.3 is 0 Å². The number of piperazine rings is 1. The molecule has 0 aliphatic carbocycles. The molecule has 1 saturated heterocycles. The van der Waals surface area contributed by atoms with Crippen LogP contribution < -0.4 is 0 Å². The monoisotopic (exact) mass is 348 g/mol.